The molecule has 0 N–H and O–H groups in total. The van der Waals surface area contributed by atoms with E-state index in [-0.39, 0.29) is 12.2 Å². The van der Waals surface area contributed by atoms with Crippen LogP contribution in [0, 0.1) is 0 Å². The smallest absolute Gasteiger partial charge is 0.282 e. The molecule has 0 fully saturated rings. The number of fused-ring (bicyclic) bond motifs is 1. The number of hydrogen-bond donors (Lipinski definition) is 0. The first-order valence-electron chi connectivity index (χ1n) is 10.9. The maximum atomic E-state index is 13.3. The molecular formula is C26H22BrCl2N3O3. The van der Waals surface area contributed by atoms with Crippen LogP contribution in [0.4, 0.5) is 0 Å². The average molecular weight is 575 g/mol. The Labute approximate surface area is 221 Å². The molecule has 0 aliphatic carbocycles. The summed E-state index contributed by atoms with van der Waals surface area (Å²) < 4.78 is 13.7. The molecule has 1 heterocycles. The van der Waals surface area contributed by atoms with Gasteiger partial charge in [-0.2, -0.15) is 9.78 Å². The molecule has 0 aliphatic rings. The Morgan fingerprint density at radius 2 is 1.94 bits per heavy atom. The lowest BCUT2D eigenvalue weighted by atomic mass is 10.2. The van der Waals surface area contributed by atoms with Crippen molar-refractivity contribution in [2.24, 2.45) is 5.10 Å². The molecule has 0 bridgehead atoms. The molecule has 0 amide bonds. The Balaban J connectivity index is 1.79. The molecule has 0 saturated heterocycles. The van der Waals surface area contributed by atoms with Gasteiger partial charge in [0.15, 0.2) is 11.5 Å². The van der Waals surface area contributed by atoms with Crippen LogP contribution >= 0.6 is 39.1 Å². The van der Waals surface area contributed by atoms with Crippen molar-refractivity contribution >= 4 is 56.2 Å². The predicted octanol–water partition coefficient (Wildman–Crippen LogP) is 6.89. The molecule has 4 aromatic rings. The van der Waals surface area contributed by atoms with Gasteiger partial charge >= 0.3 is 0 Å². The third-order valence-corrected chi connectivity index (χ3v) is 6.34. The van der Waals surface area contributed by atoms with Gasteiger partial charge in [-0.15, -0.1) is 0 Å². The van der Waals surface area contributed by atoms with Gasteiger partial charge < -0.3 is 9.47 Å². The summed E-state index contributed by atoms with van der Waals surface area (Å²) in [6.45, 7) is 2.24. The number of hydrogen-bond acceptors (Lipinski definition) is 5. The van der Waals surface area contributed by atoms with Crippen molar-refractivity contribution in [1.29, 1.82) is 0 Å². The van der Waals surface area contributed by atoms with E-state index in [9.17, 15) is 4.79 Å². The van der Waals surface area contributed by atoms with E-state index < -0.39 is 0 Å². The third kappa shape index (κ3) is 5.69. The highest BCUT2D eigenvalue weighted by Crippen LogP contribution is 2.35. The number of methoxy groups -OCH3 is 1. The van der Waals surface area contributed by atoms with E-state index in [1.54, 1.807) is 24.3 Å². The maximum Gasteiger partial charge on any atom is 0.282 e. The van der Waals surface area contributed by atoms with E-state index in [0.29, 0.717) is 50.3 Å². The summed E-state index contributed by atoms with van der Waals surface area (Å²) in [5.74, 6) is 1.44. The molecular weight excluding hydrogens is 553 g/mol. The summed E-state index contributed by atoms with van der Waals surface area (Å²) >= 11 is 16.0. The normalized spacial score (nSPS) is 11.3. The summed E-state index contributed by atoms with van der Waals surface area (Å²) in [4.78, 5) is 18.0. The van der Waals surface area contributed by atoms with Crippen LogP contribution in [0.3, 0.4) is 0 Å². The van der Waals surface area contributed by atoms with E-state index in [1.165, 1.54) is 18.0 Å². The van der Waals surface area contributed by atoms with Crippen LogP contribution in [0.1, 0.15) is 30.3 Å². The zero-order chi connectivity index (χ0) is 24.9. The van der Waals surface area contributed by atoms with Crippen LogP contribution in [-0.4, -0.2) is 23.0 Å². The zero-order valence-electron chi connectivity index (χ0n) is 19.1. The quantitative estimate of drug-likeness (QED) is 0.215. The van der Waals surface area contributed by atoms with Crippen LogP contribution in [0.5, 0.6) is 11.5 Å². The Hall–Kier alpha value is -2.87. The average Bonchev–Trinajstić information content (AvgIpc) is 2.84. The number of nitrogens with zero attached hydrogens (tertiary/aromatic N) is 3. The highest BCUT2D eigenvalue weighted by Gasteiger charge is 2.15. The molecule has 0 radical (unpaired) electrons. The summed E-state index contributed by atoms with van der Waals surface area (Å²) in [6.07, 6.45) is 2.93. The van der Waals surface area contributed by atoms with Gasteiger partial charge in [-0.3, -0.25) is 4.79 Å². The number of aryl methyl sites for hydroxylation is 1. The molecule has 4 rings (SSSR count). The SMILES string of the molecule is CCCc1nc2ccc(Br)cc2c(=O)n1N=Cc1cc(Cl)cc(OC)c1OCc1ccccc1Cl. The number of aromatic nitrogens is 2. The predicted molar refractivity (Wildman–Crippen MR) is 144 cm³/mol. The van der Waals surface area contributed by atoms with Crippen molar-refractivity contribution < 1.29 is 9.47 Å². The fourth-order valence-electron chi connectivity index (χ4n) is 3.58. The number of halogens is 3. The van der Waals surface area contributed by atoms with E-state index in [1.807, 2.05) is 37.3 Å². The number of benzene rings is 3. The van der Waals surface area contributed by atoms with Gasteiger partial charge in [0.25, 0.3) is 5.56 Å². The summed E-state index contributed by atoms with van der Waals surface area (Å²) in [5.41, 5.74) is 1.73. The Kier molecular flexibility index (Phi) is 8.11. The topological polar surface area (TPSA) is 65.7 Å². The fraction of sp³-hybridized carbons (Fsp3) is 0.192. The molecule has 35 heavy (non-hydrogen) atoms. The van der Waals surface area contributed by atoms with Crippen LogP contribution in [0.2, 0.25) is 10.0 Å². The van der Waals surface area contributed by atoms with E-state index in [4.69, 9.17) is 32.7 Å². The highest BCUT2D eigenvalue weighted by molar-refractivity contribution is 9.10. The molecule has 180 valence electrons. The molecule has 0 saturated carbocycles. The van der Waals surface area contributed by atoms with Gasteiger partial charge in [-0.1, -0.05) is 64.3 Å². The molecule has 3 aromatic carbocycles. The van der Waals surface area contributed by atoms with Gasteiger partial charge in [0, 0.05) is 38.1 Å². The van der Waals surface area contributed by atoms with Crippen LogP contribution in [-0.2, 0) is 13.0 Å². The first kappa shape index (κ1) is 25.2. The summed E-state index contributed by atoms with van der Waals surface area (Å²) in [6, 6.07) is 16.2. The van der Waals surface area contributed by atoms with Gasteiger partial charge in [0.2, 0.25) is 0 Å². The lowest BCUT2D eigenvalue weighted by Crippen LogP contribution is -2.22. The number of rotatable bonds is 8. The number of ether oxygens (including phenoxy) is 2. The van der Waals surface area contributed by atoms with Gasteiger partial charge in [-0.05, 0) is 36.8 Å². The van der Waals surface area contributed by atoms with Gasteiger partial charge in [-0.25, -0.2) is 4.98 Å². The van der Waals surface area contributed by atoms with Crippen molar-refractivity contribution in [2.75, 3.05) is 7.11 Å². The second-order valence-electron chi connectivity index (χ2n) is 7.71. The monoisotopic (exact) mass is 573 g/mol. The summed E-state index contributed by atoms with van der Waals surface area (Å²) in [5, 5.41) is 6.01. The van der Waals surface area contributed by atoms with E-state index >= 15 is 0 Å². The molecule has 0 spiro atoms. The maximum absolute atomic E-state index is 13.3. The van der Waals surface area contributed by atoms with Crippen molar-refractivity contribution in [3.05, 3.63) is 96.4 Å². The second kappa shape index (κ2) is 11.2. The largest absolute Gasteiger partial charge is 0.493 e. The van der Waals surface area contributed by atoms with Gasteiger partial charge in [0.1, 0.15) is 12.4 Å². The Morgan fingerprint density at radius 3 is 2.69 bits per heavy atom. The van der Waals surface area contributed by atoms with E-state index in [2.05, 4.69) is 26.0 Å². The molecule has 0 aliphatic heterocycles. The Morgan fingerprint density at radius 1 is 1.14 bits per heavy atom. The molecule has 0 atom stereocenters. The van der Waals surface area contributed by atoms with E-state index in [0.717, 1.165) is 16.5 Å². The minimum atomic E-state index is -0.261. The standard InChI is InChI=1S/C26H22BrCl2N3O3/c1-3-6-24-31-22-10-9-18(27)12-20(22)26(33)32(24)30-14-17-11-19(28)13-23(34-2)25(17)35-15-16-7-4-5-8-21(16)29/h4-5,7-14H,3,6,15H2,1-2H3. The summed E-state index contributed by atoms with van der Waals surface area (Å²) in [7, 11) is 1.53. The van der Waals surface area contributed by atoms with Crippen molar-refractivity contribution in [1.82, 2.24) is 9.66 Å². The third-order valence-electron chi connectivity index (χ3n) is 5.26. The molecule has 0 unspecified atom stereocenters. The minimum absolute atomic E-state index is 0.213. The molecule has 1 aromatic heterocycles. The first-order valence-corrected chi connectivity index (χ1v) is 12.5. The zero-order valence-corrected chi connectivity index (χ0v) is 22.2. The van der Waals surface area contributed by atoms with Crippen molar-refractivity contribution in [2.45, 2.75) is 26.4 Å². The fourth-order valence-corrected chi connectivity index (χ4v) is 4.34. The minimum Gasteiger partial charge on any atom is -0.493 e. The van der Waals surface area contributed by atoms with Crippen LogP contribution in [0.15, 0.2) is 69.0 Å². The van der Waals surface area contributed by atoms with Crippen LogP contribution in [0.25, 0.3) is 10.9 Å². The second-order valence-corrected chi connectivity index (χ2v) is 9.47. The molecule has 9 heteroatoms. The van der Waals surface area contributed by atoms with Crippen molar-refractivity contribution in [3.63, 3.8) is 0 Å². The van der Waals surface area contributed by atoms with Crippen molar-refractivity contribution in [3.8, 4) is 11.5 Å². The highest BCUT2D eigenvalue weighted by atomic mass is 79.9. The molecule has 6 nitrogen and oxygen atoms in total. The van der Waals surface area contributed by atoms with Crippen LogP contribution < -0.4 is 15.0 Å². The van der Waals surface area contributed by atoms with Gasteiger partial charge in [0.05, 0.1) is 24.2 Å². The lowest BCUT2D eigenvalue weighted by molar-refractivity contribution is 0.284. The lowest BCUT2D eigenvalue weighted by Gasteiger charge is -2.15. The first-order chi connectivity index (χ1) is 16.9. The Bertz CT molecular complexity index is 1470.